The Morgan fingerprint density at radius 2 is 1.96 bits per heavy atom. The Morgan fingerprint density at radius 3 is 2.67 bits per heavy atom. The normalized spacial score (nSPS) is 11.2. The molecule has 24 heavy (non-hydrogen) atoms. The summed E-state index contributed by atoms with van der Waals surface area (Å²) >= 11 is 0. The zero-order valence-corrected chi connectivity index (χ0v) is 14.2. The fourth-order valence-electron chi connectivity index (χ4n) is 2.59. The lowest BCUT2D eigenvalue weighted by atomic mass is 10.1. The number of fused-ring (bicyclic) bond motifs is 1. The second kappa shape index (κ2) is 6.80. The maximum absolute atomic E-state index is 12.6. The van der Waals surface area contributed by atoms with Crippen LogP contribution in [-0.4, -0.2) is 46.0 Å². The summed E-state index contributed by atoms with van der Waals surface area (Å²) in [6, 6.07) is 7.95. The summed E-state index contributed by atoms with van der Waals surface area (Å²) in [5.41, 5.74) is 4.03. The predicted octanol–water partition coefficient (Wildman–Crippen LogP) is 2.32. The van der Waals surface area contributed by atoms with Crippen LogP contribution in [-0.2, 0) is 13.5 Å². The van der Waals surface area contributed by atoms with E-state index in [9.17, 15) is 4.79 Å². The minimum absolute atomic E-state index is 0.183. The summed E-state index contributed by atoms with van der Waals surface area (Å²) < 4.78 is 1.83. The van der Waals surface area contributed by atoms with Crippen molar-refractivity contribution >= 4 is 22.6 Å². The molecule has 0 spiro atoms. The van der Waals surface area contributed by atoms with Gasteiger partial charge in [-0.25, -0.2) is 4.98 Å². The smallest absolute Gasteiger partial charge is 0.259 e. The second-order valence-electron chi connectivity index (χ2n) is 6.11. The first-order valence-corrected chi connectivity index (χ1v) is 7.84. The van der Waals surface area contributed by atoms with Crippen molar-refractivity contribution in [2.75, 3.05) is 26.0 Å². The van der Waals surface area contributed by atoms with Gasteiger partial charge in [0.15, 0.2) is 0 Å². The van der Waals surface area contributed by atoms with Crippen molar-refractivity contribution in [1.82, 2.24) is 19.4 Å². The van der Waals surface area contributed by atoms with Gasteiger partial charge in [0, 0.05) is 25.5 Å². The van der Waals surface area contributed by atoms with Crippen LogP contribution in [0.3, 0.4) is 0 Å². The van der Waals surface area contributed by atoms with Gasteiger partial charge in [-0.1, -0.05) is 12.1 Å². The maximum atomic E-state index is 12.6. The molecule has 6 nitrogen and oxygen atoms in total. The number of rotatable bonds is 5. The van der Waals surface area contributed by atoms with Gasteiger partial charge in [0.1, 0.15) is 5.52 Å². The molecule has 0 saturated carbocycles. The molecular formula is C18H21N5O. The van der Waals surface area contributed by atoms with Crippen molar-refractivity contribution in [1.29, 1.82) is 0 Å². The minimum Gasteiger partial charge on any atom is -0.333 e. The number of nitrogens with zero attached hydrogens (tertiary/aromatic N) is 4. The number of imidazole rings is 1. The van der Waals surface area contributed by atoms with Crippen LogP contribution in [0.15, 0.2) is 43.0 Å². The third kappa shape index (κ3) is 3.44. The van der Waals surface area contributed by atoms with Crippen LogP contribution in [0, 0.1) is 0 Å². The van der Waals surface area contributed by atoms with E-state index in [4.69, 9.17) is 0 Å². The molecule has 0 saturated heterocycles. The zero-order chi connectivity index (χ0) is 17.1. The number of aryl methyl sites for hydroxylation is 1. The van der Waals surface area contributed by atoms with Crippen LogP contribution >= 0.6 is 0 Å². The third-order valence-corrected chi connectivity index (χ3v) is 3.93. The molecule has 2 heterocycles. The molecule has 0 radical (unpaired) electrons. The van der Waals surface area contributed by atoms with Gasteiger partial charge >= 0.3 is 0 Å². The molecule has 0 aliphatic heterocycles. The van der Waals surface area contributed by atoms with Gasteiger partial charge in [-0.05, 0) is 38.2 Å². The molecule has 0 aliphatic carbocycles. The standard InChI is InChI=1S/C18H21N5O/c1-22(2)9-8-13-4-6-14(7-5-13)21-18(24)15-10-19-11-16-17(15)23(3)12-20-16/h4-7,10-12H,8-9H2,1-3H3,(H,21,24). The Labute approximate surface area is 141 Å². The number of amides is 1. The first-order valence-electron chi connectivity index (χ1n) is 7.84. The number of pyridine rings is 1. The molecule has 3 rings (SSSR count). The molecule has 0 unspecified atom stereocenters. The van der Waals surface area contributed by atoms with E-state index in [2.05, 4.69) is 34.3 Å². The van der Waals surface area contributed by atoms with Gasteiger partial charge in [-0.3, -0.25) is 9.78 Å². The van der Waals surface area contributed by atoms with Crippen LogP contribution in [0.1, 0.15) is 15.9 Å². The van der Waals surface area contributed by atoms with Crippen LogP contribution in [0.2, 0.25) is 0 Å². The minimum atomic E-state index is -0.183. The third-order valence-electron chi connectivity index (χ3n) is 3.93. The van der Waals surface area contributed by atoms with Crippen LogP contribution in [0.25, 0.3) is 11.0 Å². The molecule has 1 amide bonds. The van der Waals surface area contributed by atoms with E-state index in [1.165, 1.54) is 5.56 Å². The lowest BCUT2D eigenvalue weighted by molar-refractivity contribution is 0.102. The molecule has 3 aromatic rings. The van der Waals surface area contributed by atoms with Crippen molar-refractivity contribution in [3.05, 3.63) is 54.1 Å². The first kappa shape index (κ1) is 16.1. The van der Waals surface area contributed by atoms with E-state index in [1.54, 1.807) is 18.7 Å². The molecule has 0 fully saturated rings. The number of hydrogen-bond acceptors (Lipinski definition) is 4. The van der Waals surface area contributed by atoms with Gasteiger partial charge in [0.05, 0.1) is 23.6 Å². The number of carbonyl (C=O) groups excluding carboxylic acids is 1. The summed E-state index contributed by atoms with van der Waals surface area (Å²) in [5, 5.41) is 2.93. The number of nitrogens with one attached hydrogen (secondary N) is 1. The number of hydrogen-bond donors (Lipinski definition) is 1. The highest BCUT2D eigenvalue weighted by Crippen LogP contribution is 2.18. The largest absolute Gasteiger partial charge is 0.333 e. The molecule has 0 bridgehead atoms. The Balaban J connectivity index is 1.75. The number of anilines is 1. The fourth-order valence-corrected chi connectivity index (χ4v) is 2.59. The summed E-state index contributed by atoms with van der Waals surface area (Å²) in [4.78, 5) is 23.1. The highest BCUT2D eigenvalue weighted by atomic mass is 16.1. The quantitative estimate of drug-likeness (QED) is 0.783. The predicted molar refractivity (Wildman–Crippen MR) is 95.2 cm³/mol. The lowest BCUT2D eigenvalue weighted by Crippen LogP contribution is -2.15. The van der Waals surface area contributed by atoms with Gasteiger partial charge < -0.3 is 14.8 Å². The summed E-state index contributed by atoms with van der Waals surface area (Å²) in [7, 11) is 5.98. The van der Waals surface area contributed by atoms with E-state index < -0.39 is 0 Å². The summed E-state index contributed by atoms with van der Waals surface area (Å²) in [6.45, 7) is 1.000. The SMILES string of the molecule is CN(C)CCc1ccc(NC(=O)c2cncc3ncn(C)c23)cc1. The number of likely N-dealkylation sites (N-methyl/N-ethyl adjacent to an activating group) is 1. The number of aromatic nitrogens is 3. The molecule has 2 aromatic heterocycles. The molecular weight excluding hydrogens is 302 g/mol. The van der Waals surface area contributed by atoms with Crippen molar-refractivity contribution in [2.24, 2.45) is 7.05 Å². The van der Waals surface area contributed by atoms with Crippen molar-refractivity contribution in [3.63, 3.8) is 0 Å². The monoisotopic (exact) mass is 323 g/mol. The maximum Gasteiger partial charge on any atom is 0.259 e. The van der Waals surface area contributed by atoms with E-state index >= 15 is 0 Å². The Morgan fingerprint density at radius 1 is 1.21 bits per heavy atom. The average Bonchev–Trinajstić information content (AvgIpc) is 2.95. The van der Waals surface area contributed by atoms with Crippen molar-refractivity contribution < 1.29 is 4.79 Å². The highest BCUT2D eigenvalue weighted by Gasteiger charge is 2.14. The van der Waals surface area contributed by atoms with Crippen LogP contribution < -0.4 is 5.32 Å². The van der Waals surface area contributed by atoms with E-state index in [1.807, 2.05) is 35.9 Å². The molecule has 124 valence electrons. The Kier molecular flexibility index (Phi) is 4.57. The highest BCUT2D eigenvalue weighted by molar-refractivity contribution is 6.11. The second-order valence-corrected chi connectivity index (χ2v) is 6.11. The molecule has 0 aliphatic rings. The average molecular weight is 323 g/mol. The van der Waals surface area contributed by atoms with E-state index in [0.717, 1.165) is 24.2 Å². The van der Waals surface area contributed by atoms with Gasteiger partial charge in [-0.15, -0.1) is 0 Å². The van der Waals surface area contributed by atoms with Gasteiger partial charge in [0.25, 0.3) is 5.91 Å². The molecule has 6 heteroatoms. The number of carbonyl (C=O) groups is 1. The molecule has 1 aromatic carbocycles. The zero-order valence-electron chi connectivity index (χ0n) is 14.2. The fraction of sp³-hybridized carbons (Fsp3) is 0.278. The van der Waals surface area contributed by atoms with E-state index in [-0.39, 0.29) is 5.91 Å². The van der Waals surface area contributed by atoms with E-state index in [0.29, 0.717) is 11.1 Å². The first-order chi connectivity index (χ1) is 11.5. The molecule has 1 N–H and O–H groups in total. The Hall–Kier alpha value is -2.73. The summed E-state index contributed by atoms with van der Waals surface area (Å²) in [5.74, 6) is -0.183. The summed E-state index contributed by atoms with van der Waals surface area (Å²) in [6.07, 6.45) is 5.90. The topological polar surface area (TPSA) is 63.1 Å². The van der Waals surface area contributed by atoms with Crippen molar-refractivity contribution in [2.45, 2.75) is 6.42 Å². The van der Waals surface area contributed by atoms with Crippen LogP contribution in [0.5, 0.6) is 0 Å². The lowest BCUT2D eigenvalue weighted by Gasteiger charge is -2.10. The van der Waals surface area contributed by atoms with Crippen molar-refractivity contribution in [3.8, 4) is 0 Å². The number of benzene rings is 1. The van der Waals surface area contributed by atoms with Gasteiger partial charge in [-0.2, -0.15) is 0 Å². The molecule has 0 atom stereocenters. The van der Waals surface area contributed by atoms with Gasteiger partial charge in [0.2, 0.25) is 0 Å². The Bertz CT molecular complexity index is 851. The van der Waals surface area contributed by atoms with Crippen LogP contribution in [0.4, 0.5) is 5.69 Å².